The first-order chi connectivity index (χ1) is 9.78. The molecule has 0 fully saturated rings. The number of nitrogens with zero attached hydrogens (tertiary/aromatic N) is 1. The van der Waals surface area contributed by atoms with Crippen molar-refractivity contribution in [2.24, 2.45) is 0 Å². The normalized spacial score (nSPS) is 10.1. The number of aromatic nitrogens is 1. The van der Waals surface area contributed by atoms with Gasteiger partial charge in [0.15, 0.2) is 0 Å². The summed E-state index contributed by atoms with van der Waals surface area (Å²) in [5, 5.41) is 3.24. The third kappa shape index (κ3) is 4.74. The van der Waals surface area contributed by atoms with Gasteiger partial charge >= 0.3 is 0 Å². The van der Waals surface area contributed by atoms with Gasteiger partial charge < -0.3 is 14.8 Å². The quantitative estimate of drug-likeness (QED) is 0.782. The largest absolute Gasteiger partial charge is 0.492 e. The number of pyridine rings is 1. The Morgan fingerprint density at radius 2 is 1.90 bits per heavy atom. The van der Waals surface area contributed by atoms with Gasteiger partial charge in [0.2, 0.25) is 5.88 Å². The van der Waals surface area contributed by atoms with E-state index in [1.807, 2.05) is 43.3 Å². The first kappa shape index (κ1) is 14.7. The second kappa shape index (κ2) is 7.75. The topological polar surface area (TPSA) is 43.4 Å². The highest BCUT2D eigenvalue weighted by molar-refractivity contribution is 9.10. The standard InChI is InChI=1S/C15H17BrN2O2/c1-2-19-15-8-5-13(11-18-15)17-9-10-20-14-6-3-12(16)4-7-14/h3-8,11,17H,2,9-10H2,1H3. The van der Waals surface area contributed by atoms with E-state index in [-0.39, 0.29) is 0 Å². The van der Waals surface area contributed by atoms with Gasteiger partial charge in [0.1, 0.15) is 12.4 Å². The van der Waals surface area contributed by atoms with E-state index in [4.69, 9.17) is 9.47 Å². The maximum Gasteiger partial charge on any atom is 0.213 e. The monoisotopic (exact) mass is 336 g/mol. The smallest absolute Gasteiger partial charge is 0.213 e. The molecule has 20 heavy (non-hydrogen) atoms. The van der Waals surface area contributed by atoms with Crippen molar-refractivity contribution in [3.05, 3.63) is 47.1 Å². The van der Waals surface area contributed by atoms with Gasteiger partial charge in [-0.25, -0.2) is 4.98 Å². The van der Waals surface area contributed by atoms with Crippen molar-refractivity contribution >= 4 is 21.6 Å². The van der Waals surface area contributed by atoms with Gasteiger partial charge in [0.25, 0.3) is 0 Å². The highest BCUT2D eigenvalue weighted by atomic mass is 79.9. The zero-order valence-electron chi connectivity index (χ0n) is 11.3. The Kier molecular flexibility index (Phi) is 5.68. The summed E-state index contributed by atoms with van der Waals surface area (Å²) in [4.78, 5) is 4.18. The number of ether oxygens (including phenoxy) is 2. The molecule has 0 aliphatic rings. The van der Waals surface area contributed by atoms with Crippen LogP contribution < -0.4 is 14.8 Å². The lowest BCUT2D eigenvalue weighted by molar-refractivity contribution is 0.327. The van der Waals surface area contributed by atoms with E-state index >= 15 is 0 Å². The molecule has 0 spiro atoms. The number of rotatable bonds is 7. The second-order valence-electron chi connectivity index (χ2n) is 4.05. The number of hydrogen-bond acceptors (Lipinski definition) is 4. The Hall–Kier alpha value is -1.75. The Balaban J connectivity index is 1.71. The van der Waals surface area contributed by atoms with E-state index in [9.17, 15) is 0 Å². The third-order valence-electron chi connectivity index (χ3n) is 2.54. The van der Waals surface area contributed by atoms with Crippen LogP contribution in [0.15, 0.2) is 47.1 Å². The third-order valence-corrected chi connectivity index (χ3v) is 3.07. The summed E-state index contributed by atoms with van der Waals surface area (Å²) in [6, 6.07) is 11.6. The van der Waals surface area contributed by atoms with Gasteiger partial charge in [-0.15, -0.1) is 0 Å². The van der Waals surface area contributed by atoms with Crippen LogP contribution >= 0.6 is 15.9 Å². The highest BCUT2D eigenvalue weighted by Gasteiger charge is 1.97. The van der Waals surface area contributed by atoms with Crippen LogP contribution in [0, 0.1) is 0 Å². The van der Waals surface area contributed by atoms with Crippen LogP contribution in [-0.4, -0.2) is 24.7 Å². The summed E-state index contributed by atoms with van der Waals surface area (Å²) < 4.78 is 11.9. The first-order valence-corrected chi connectivity index (χ1v) is 7.28. The molecular formula is C15H17BrN2O2. The molecule has 0 radical (unpaired) electrons. The zero-order valence-corrected chi connectivity index (χ0v) is 12.9. The van der Waals surface area contributed by atoms with Crippen molar-refractivity contribution in [1.82, 2.24) is 4.98 Å². The molecule has 1 heterocycles. The molecule has 1 N–H and O–H groups in total. The van der Waals surface area contributed by atoms with Crippen LogP contribution in [0.2, 0.25) is 0 Å². The van der Waals surface area contributed by atoms with Gasteiger partial charge in [-0.3, -0.25) is 0 Å². The summed E-state index contributed by atoms with van der Waals surface area (Å²) in [6.45, 7) is 3.87. The molecule has 106 valence electrons. The van der Waals surface area contributed by atoms with Crippen LogP contribution in [0.3, 0.4) is 0 Å². The molecule has 0 atom stereocenters. The minimum absolute atomic E-state index is 0.592. The van der Waals surface area contributed by atoms with Crippen molar-refractivity contribution < 1.29 is 9.47 Å². The molecule has 2 aromatic rings. The van der Waals surface area contributed by atoms with E-state index < -0.39 is 0 Å². The summed E-state index contributed by atoms with van der Waals surface area (Å²) >= 11 is 3.39. The lowest BCUT2D eigenvalue weighted by atomic mass is 10.3. The van der Waals surface area contributed by atoms with Crippen LogP contribution in [-0.2, 0) is 0 Å². The summed E-state index contributed by atoms with van der Waals surface area (Å²) in [5.41, 5.74) is 0.952. The molecule has 0 bridgehead atoms. The van der Waals surface area contributed by atoms with Crippen molar-refractivity contribution in [1.29, 1.82) is 0 Å². The maximum atomic E-state index is 5.62. The van der Waals surface area contributed by atoms with E-state index in [0.717, 1.165) is 15.9 Å². The number of halogens is 1. The Labute approximate surface area is 127 Å². The van der Waals surface area contributed by atoms with Crippen molar-refractivity contribution in [2.45, 2.75) is 6.92 Å². The van der Waals surface area contributed by atoms with Crippen LogP contribution in [0.4, 0.5) is 5.69 Å². The highest BCUT2D eigenvalue weighted by Crippen LogP contribution is 2.16. The molecule has 0 amide bonds. The predicted molar refractivity (Wildman–Crippen MR) is 83.5 cm³/mol. The van der Waals surface area contributed by atoms with E-state index in [2.05, 4.69) is 26.2 Å². The van der Waals surface area contributed by atoms with Gasteiger partial charge in [0.05, 0.1) is 18.5 Å². The Morgan fingerprint density at radius 3 is 2.55 bits per heavy atom. The molecule has 2 rings (SSSR count). The zero-order chi connectivity index (χ0) is 14.2. The molecule has 5 heteroatoms. The number of anilines is 1. The lowest BCUT2D eigenvalue weighted by Gasteiger charge is -2.09. The number of hydrogen-bond donors (Lipinski definition) is 1. The molecule has 1 aromatic heterocycles. The van der Waals surface area contributed by atoms with E-state index in [1.165, 1.54) is 0 Å². The van der Waals surface area contributed by atoms with E-state index in [1.54, 1.807) is 6.20 Å². The SMILES string of the molecule is CCOc1ccc(NCCOc2ccc(Br)cc2)cn1. The fraction of sp³-hybridized carbons (Fsp3) is 0.267. The summed E-state index contributed by atoms with van der Waals surface area (Å²) in [6.07, 6.45) is 1.75. The fourth-order valence-corrected chi connectivity index (χ4v) is 1.88. The van der Waals surface area contributed by atoms with Gasteiger partial charge in [-0.2, -0.15) is 0 Å². The van der Waals surface area contributed by atoms with Crippen molar-refractivity contribution in [2.75, 3.05) is 25.1 Å². The molecule has 4 nitrogen and oxygen atoms in total. The maximum absolute atomic E-state index is 5.62. The fourth-order valence-electron chi connectivity index (χ4n) is 1.61. The molecule has 0 unspecified atom stereocenters. The number of benzene rings is 1. The van der Waals surface area contributed by atoms with Crippen molar-refractivity contribution in [3.8, 4) is 11.6 Å². The second-order valence-corrected chi connectivity index (χ2v) is 4.96. The molecular weight excluding hydrogens is 320 g/mol. The summed E-state index contributed by atoms with van der Waals surface area (Å²) in [5.74, 6) is 1.50. The predicted octanol–water partition coefficient (Wildman–Crippen LogP) is 3.73. The van der Waals surface area contributed by atoms with Crippen molar-refractivity contribution in [3.63, 3.8) is 0 Å². The van der Waals surface area contributed by atoms with Gasteiger partial charge in [0, 0.05) is 17.1 Å². The Bertz CT molecular complexity index is 514. The Morgan fingerprint density at radius 1 is 1.10 bits per heavy atom. The number of nitrogens with one attached hydrogen (secondary N) is 1. The summed E-state index contributed by atoms with van der Waals surface area (Å²) in [7, 11) is 0. The minimum atomic E-state index is 0.592. The van der Waals surface area contributed by atoms with Crippen LogP contribution in [0.1, 0.15) is 6.92 Å². The lowest BCUT2D eigenvalue weighted by Crippen LogP contribution is -2.11. The average molecular weight is 337 g/mol. The molecule has 0 aliphatic carbocycles. The average Bonchev–Trinajstić information content (AvgIpc) is 2.47. The first-order valence-electron chi connectivity index (χ1n) is 6.49. The molecule has 0 saturated heterocycles. The van der Waals surface area contributed by atoms with Gasteiger partial charge in [-0.1, -0.05) is 15.9 Å². The van der Waals surface area contributed by atoms with Crippen LogP contribution in [0.25, 0.3) is 0 Å². The minimum Gasteiger partial charge on any atom is -0.492 e. The van der Waals surface area contributed by atoms with Crippen LogP contribution in [0.5, 0.6) is 11.6 Å². The van der Waals surface area contributed by atoms with E-state index in [0.29, 0.717) is 25.6 Å². The molecule has 0 aliphatic heterocycles. The molecule has 0 saturated carbocycles. The van der Waals surface area contributed by atoms with Gasteiger partial charge in [-0.05, 0) is 37.3 Å². The molecule has 1 aromatic carbocycles.